The molecule has 0 atom stereocenters. The van der Waals surface area contributed by atoms with E-state index in [4.69, 9.17) is 0 Å². The summed E-state index contributed by atoms with van der Waals surface area (Å²) in [6.45, 7) is 7.41. The van der Waals surface area contributed by atoms with Gasteiger partial charge in [-0.25, -0.2) is 0 Å². The molecule has 0 spiro atoms. The van der Waals surface area contributed by atoms with Crippen molar-refractivity contribution in [3.05, 3.63) is 30.3 Å². The predicted molar refractivity (Wildman–Crippen MR) is 74.4 cm³/mol. The number of amides is 1. The van der Waals surface area contributed by atoms with Gasteiger partial charge in [-0.05, 0) is 42.2 Å². The highest BCUT2D eigenvalue weighted by Crippen LogP contribution is 2.20. The number of carbonyl (C=O) groups excluding carboxylic acids is 1. The van der Waals surface area contributed by atoms with Crippen LogP contribution in [0.4, 0.5) is 4.79 Å². The van der Waals surface area contributed by atoms with Crippen molar-refractivity contribution in [2.45, 2.75) is 38.5 Å². The molecule has 0 aliphatic carbocycles. The van der Waals surface area contributed by atoms with Gasteiger partial charge in [0.15, 0.2) is 0 Å². The van der Waals surface area contributed by atoms with E-state index in [1.807, 2.05) is 30.3 Å². The Morgan fingerprint density at radius 2 is 1.88 bits per heavy atom. The molecule has 0 aromatic heterocycles. The van der Waals surface area contributed by atoms with E-state index < -0.39 is 0 Å². The third-order valence-electron chi connectivity index (χ3n) is 2.33. The molecular formula is C14H21NOS. The van der Waals surface area contributed by atoms with Gasteiger partial charge in [0.25, 0.3) is 5.24 Å². The molecule has 1 amide bonds. The minimum Gasteiger partial charge on any atom is -0.347 e. The Labute approximate surface area is 108 Å². The lowest BCUT2D eigenvalue weighted by molar-refractivity contribution is 0.259. The molecule has 2 nitrogen and oxygen atoms in total. The van der Waals surface area contributed by atoms with Crippen molar-refractivity contribution in [3.8, 4) is 0 Å². The maximum Gasteiger partial charge on any atom is 0.283 e. The predicted octanol–water partition coefficient (Wildman–Crippen LogP) is 4.31. The first-order valence-electron chi connectivity index (χ1n) is 5.98. The van der Waals surface area contributed by atoms with Gasteiger partial charge >= 0.3 is 0 Å². The number of carbonyl (C=O) groups is 1. The van der Waals surface area contributed by atoms with Crippen LogP contribution in [0.5, 0.6) is 0 Å². The molecule has 0 aliphatic heterocycles. The molecule has 1 N–H and O–H groups in total. The summed E-state index contributed by atoms with van der Waals surface area (Å²) in [5, 5.41) is 2.96. The molecule has 3 heteroatoms. The summed E-state index contributed by atoms with van der Waals surface area (Å²) in [5.74, 6) is 0. The lowest BCUT2D eigenvalue weighted by atomic mass is 9.91. The standard InChI is InChI=1S/C14H21NOS/c1-14(2,3)10-7-11-15-13(16)17-12-8-5-4-6-9-12/h4-6,8-9H,7,10-11H2,1-3H3,(H,15,16). The van der Waals surface area contributed by atoms with Gasteiger partial charge in [-0.3, -0.25) is 4.79 Å². The maximum atomic E-state index is 11.6. The smallest absolute Gasteiger partial charge is 0.283 e. The quantitative estimate of drug-likeness (QED) is 0.638. The Hall–Kier alpha value is -0.960. The molecule has 0 heterocycles. The van der Waals surface area contributed by atoms with Crippen LogP contribution in [0.15, 0.2) is 35.2 Å². The normalized spacial score (nSPS) is 11.2. The molecular weight excluding hydrogens is 230 g/mol. The molecule has 0 fully saturated rings. The second-order valence-corrected chi connectivity index (χ2v) is 6.34. The first kappa shape index (κ1) is 14.1. The molecule has 0 bridgehead atoms. The molecule has 0 saturated carbocycles. The zero-order chi connectivity index (χ0) is 12.7. The van der Waals surface area contributed by atoms with Crippen LogP contribution >= 0.6 is 11.8 Å². The maximum absolute atomic E-state index is 11.6. The first-order valence-corrected chi connectivity index (χ1v) is 6.80. The van der Waals surface area contributed by atoms with Gasteiger partial charge in [0.05, 0.1) is 0 Å². The van der Waals surface area contributed by atoms with Crippen molar-refractivity contribution in [2.24, 2.45) is 5.41 Å². The summed E-state index contributed by atoms with van der Waals surface area (Å²) < 4.78 is 0. The lowest BCUT2D eigenvalue weighted by Crippen LogP contribution is -2.21. The number of thioether (sulfide) groups is 1. The van der Waals surface area contributed by atoms with Gasteiger partial charge in [-0.15, -0.1) is 0 Å². The average Bonchev–Trinajstić information content (AvgIpc) is 2.25. The fraction of sp³-hybridized carbons (Fsp3) is 0.500. The number of rotatable bonds is 4. The first-order chi connectivity index (χ1) is 7.97. The third-order valence-corrected chi connectivity index (χ3v) is 3.16. The van der Waals surface area contributed by atoms with Gasteiger partial charge in [-0.1, -0.05) is 39.0 Å². The van der Waals surface area contributed by atoms with Crippen LogP contribution in [0, 0.1) is 5.41 Å². The highest BCUT2D eigenvalue weighted by molar-refractivity contribution is 8.13. The monoisotopic (exact) mass is 251 g/mol. The molecule has 0 saturated heterocycles. The Morgan fingerprint density at radius 1 is 1.24 bits per heavy atom. The molecule has 0 radical (unpaired) electrons. The lowest BCUT2D eigenvalue weighted by Gasteiger charge is -2.17. The second kappa shape index (κ2) is 6.70. The summed E-state index contributed by atoms with van der Waals surface area (Å²) in [6, 6.07) is 9.72. The highest BCUT2D eigenvalue weighted by atomic mass is 32.2. The SMILES string of the molecule is CC(C)(C)CCCNC(=O)Sc1ccccc1. The minimum atomic E-state index is 0.0325. The van der Waals surface area contributed by atoms with E-state index in [-0.39, 0.29) is 5.24 Å². The van der Waals surface area contributed by atoms with Crippen LogP contribution in [0.3, 0.4) is 0 Å². The highest BCUT2D eigenvalue weighted by Gasteiger charge is 2.09. The Balaban J connectivity index is 2.18. The van der Waals surface area contributed by atoms with E-state index in [0.717, 1.165) is 24.3 Å². The Bertz CT molecular complexity index is 343. The third kappa shape index (κ3) is 7.05. The average molecular weight is 251 g/mol. The molecule has 17 heavy (non-hydrogen) atoms. The minimum absolute atomic E-state index is 0.0325. The summed E-state index contributed by atoms with van der Waals surface area (Å²) in [6.07, 6.45) is 2.16. The molecule has 1 aromatic carbocycles. The van der Waals surface area contributed by atoms with E-state index in [0.29, 0.717) is 5.41 Å². The van der Waals surface area contributed by atoms with Gasteiger partial charge in [0.2, 0.25) is 0 Å². The fourth-order valence-electron chi connectivity index (χ4n) is 1.44. The van der Waals surface area contributed by atoms with Gasteiger partial charge < -0.3 is 5.32 Å². The van der Waals surface area contributed by atoms with Crippen molar-refractivity contribution in [2.75, 3.05) is 6.54 Å². The van der Waals surface area contributed by atoms with Crippen molar-refractivity contribution in [3.63, 3.8) is 0 Å². The molecule has 94 valence electrons. The van der Waals surface area contributed by atoms with Crippen molar-refractivity contribution >= 4 is 17.0 Å². The van der Waals surface area contributed by atoms with Crippen LogP contribution in [-0.4, -0.2) is 11.8 Å². The molecule has 1 aromatic rings. The Morgan fingerprint density at radius 3 is 2.47 bits per heavy atom. The van der Waals surface area contributed by atoms with Gasteiger partial charge in [0, 0.05) is 11.4 Å². The zero-order valence-corrected chi connectivity index (χ0v) is 11.6. The summed E-state index contributed by atoms with van der Waals surface area (Å²) in [7, 11) is 0. The number of hydrogen-bond donors (Lipinski definition) is 1. The van der Waals surface area contributed by atoms with Crippen molar-refractivity contribution in [1.82, 2.24) is 5.32 Å². The largest absolute Gasteiger partial charge is 0.347 e. The topological polar surface area (TPSA) is 29.1 Å². The number of hydrogen-bond acceptors (Lipinski definition) is 2. The van der Waals surface area contributed by atoms with Crippen LogP contribution in [0.1, 0.15) is 33.6 Å². The van der Waals surface area contributed by atoms with Crippen LogP contribution in [-0.2, 0) is 0 Å². The van der Waals surface area contributed by atoms with E-state index in [1.165, 1.54) is 11.8 Å². The van der Waals surface area contributed by atoms with Crippen LogP contribution < -0.4 is 5.32 Å². The molecule has 1 rings (SSSR count). The Kier molecular flexibility index (Phi) is 5.56. The fourth-order valence-corrected chi connectivity index (χ4v) is 2.12. The molecule has 0 aliphatic rings. The second-order valence-electron chi connectivity index (χ2n) is 5.29. The van der Waals surface area contributed by atoms with Crippen molar-refractivity contribution < 1.29 is 4.79 Å². The summed E-state index contributed by atoms with van der Waals surface area (Å²) in [5.41, 5.74) is 0.345. The van der Waals surface area contributed by atoms with E-state index in [2.05, 4.69) is 26.1 Å². The number of nitrogens with one attached hydrogen (secondary N) is 1. The molecule has 0 unspecified atom stereocenters. The van der Waals surface area contributed by atoms with E-state index in [1.54, 1.807) is 0 Å². The van der Waals surface area contributed by atoms with Crippen molar-refractivity contribution in [1.29, 1.82) is 0 Å². The van der Waals surface area contributed by atoms with E-state index >= 15 is 0 Å². The summed E-state index contributed by atoms with van der Waals surface area (Å²) >= 11 is 1.25. The van der Waals surface area contributed by atoms with Crippen LogP contribution in [0.2, 0.25) is 0 Å². The summed E-state index contributed by atoms with van der Waals surface area (Å²) in [4.78, 5) is 12.6. The van der Waals surface area contributed by atoms with Gasteiger partial charge in [-0.2, -0.15) is 0 Å². The van der Waals surface area contributed by atoms with Crippen LogP contribution in [0.25, 0.3) is 0 Å². The zero-order valence-electron chi connectivity index (χ0n) is 10.8. The van der Waals surface area contributed by atoms with E-state index in [9.17, 15) is 4.79 Å². The van der Waals surface area contributed by atoms with Gasteiger partial charge in [0.1, 0.15) is 0 Å². The number of benzene rings is 1.